The highest BCUT2D eigenvalue weighted by Crippen LogP contribution is 2.32. The number of nitrogens with one attached hydrogen (secondary N) is 1. The molecule has 0 radical (unpaired) electrons. The van der Waals surface area contributed by atoms with Crippen LogP contribution in [0.15, 0.2) is 6.33 Å². The number of aliphatic carboxylic acids is 1. The molecule has 5 nitrogen and oxygen atoms in total. The first-order chi connectivity index (χ1) is 8.55. The normalized spacial score (nSPS) is 18.3. The first-order valence-electron chi connectivity index (χ1n) is 6.04. The van der Waals surface area contributed by atoms with Crippen LogP contribution in [0.3, 0.4) is 0 Å². The molecule has 1 aliphatic rings. The van der Waals surface area contributed by atoms with Crippen LogP contribution in [0.25, 0.3) is 0 Å². The molecule has 2 N–H and O–H groups in total. The summed E-state index contributed by atoms with van der Waals surface area (Å²) in [5, 5.41) is 12.2. The smallest absolute Gasteiger partial charge is 0.329 e. The van der Waals surface area contributed by atoms with Gasteiger partial charge >= 0.3 is 5.97 Å². The first-order valence-corrected chi connectivity index (χ1v) is 6.04. The predicted octanol–water partition coefficient (Wildman–Crippen LogP) is 2.12. The Morgan fingerprint density at radius 2 is 2.06 bits per heavy atom. The van der Waals surface area contributed by atoms with Crippen molar-refractivity contribution in [3.05, 3.63) is 17.8 Å². The Kier molecular flexibility index (Phi) is 3.45. The van der Waals surface area contributed by atoms with Gasteiger partial charge in [-0.1, -0.05) is 19.3 Å². The Morgan fingerprint density at radius 3 is 2.67 bits per heavy atom. The lowest BCUT2D eigenvalue weighted by Gasteiger charge is -2.34. The van der Waals surface area contributed by atoms with Gasteiger partial charge in [0, 0.05) is 0 Å². The van der Waals surface area contributed by atoms with Crippen LogP contribution in [0, 0.1) is 12.7 Å². The predicted molar refractivity (Wildman–Crippen MR) is 63.8 cm³/mol. The molecule has 1 aromatic heterocycles. The van der Waals surface area contributed by atoms with Crippen molar-refractivity contribution in [1.82, 2.24) is 9.97 Å². The van der Waals surface area contributed by atoms with Gasteiger partial charge in [-0.15, -0.1) is 0 Å². The minimum Gasteiger partial charge on any atom is -0.480 e. The van der Waals surface area contributed by atoms with Crippen LogP contribution >= 0.6 is 0 Å². The van der Waals surface area contributed by atoms with Crippen molar-refractivity contribution in [2.24, 2.45) is 0 Å². The molecule has 1 aliphatic carbocycles. The van der Waals surface area contributed by atoms with Gasteiger partial charge < -0.3 is 10.4 Å². The maximum absolute atomic E-state index is 13.8. The molecule has 0 atom stereocenters. The van der Waals surface area contributed by atoms with E-state index in [4.69, 9.17) is 0 Å². The van der Waals surface area contributed by atoms with Crippen molar-refractivity contribution in [3.63, 3.8) is 0 Å². The minimum absolute atomic E-state index is 0.0215. The molecule has 0 aromatic carbocycles. The van der Waals surface area contributed by atoms with E-state index in [-0.39, 0.29) is 11.5 Å². The Balaban J connectivity index is 2.29. The molecule has 0 bridgehead atoms. The molecule has 1 heterocycles. The number of carboxylic acid groups (broad SMARTS) is 1. The number of halogens is 1. The van der Waals surface area contributed by atoms with Crippen LogP contribution in [0.1, 0.15) is 37.8 Å². The highest BCUT2D eigenvalue weighted by Gasteiger charge is 2.40. The number of anilines is 1. The summed E-state index contributed by atoms with van der Waals surface area (Å²) in [7, 11) is 0. The van der Waals surface area contributed by atoms with E-state index in [1.807, 2.05) is 0 Å². The number of carboxylic acids is 1. The van der Waals surface area contributed by atoms with Gasteiger partial charge in [-0.25, -0.2) is 19.2 Å². The van der Waals surface area contributed by atoms with Gasteiger partial charge in [0.2, 0.25) is 0 Å². The topological polar surface area (TPSA) is 75.1 Å². The fourth-order valence-corrected chi connectivity index (χ4v) is 2.32. The maximum Gasteiger partial charge on any atom is 0.329 e. The van der Waals surface area contributed by atoms with Gasteiger partial charge in [0.05, 0.1) is 5.69 Å². The molecule has 98 valence electrons. The van der Waals surface area contributed by atoms with E-state index < -0.39 is 17.3 Å². The zero-order valence-electron chi connectivity index (χ0n) is 10.2. The van der Waals surface area contributed by atoms with E-state index >= 15 is 0 Å². The van der Waals surface area contributed by atoms with Crippen molar-refractivity contribution < 1.29 is 14.3 Å². The Hall–Kier alpha value is -1.72. The quantitative estimate of drug-likeness (QED) is 0.863. The molecule has 1 aromatic rings. The van der Waals surface area contributed by atoms with Crippen LogP contribution < -0.4 is 5.32 Å². The highest BCUT2D eigenvalue weighted by atomic mass is 19.1. The van der Waals surface area contributed by atoms with Gasteiger partial charge in [0.15, 0.2) is 11.6 Å². The molecule has 1 fully saturated rings. The summed E-state index contributed by atoms with van der Waals surface area (Å²) in [6, 6.07) is 0. The SMILES string of the molecule is Cc1ncnc(NC2(C(=O)O)CCCCC2)c1F. The zero-order chi connectivity index (χ0) is 13.2. The average Bonchev–Trinajstić information content (AvgIpc) is 2.36. The van der Waals surface area contributed by atoms with Crippen molar-refractivity contribution in [1.29, 1.82) is 0 Å². The van der Waals surface area contributed by atoms with Crippen LogP contribution in [0.4, 0.5) is 10.2 Å². The molecule has 0 amide bonds. The van der Waals surface area contributed by atoms with Gasteiger partial charge in [-0.2, -0.15) is 0 Å². The third-order valence-electron chi connectivity index (χ3n) is 3.44. The Morgan fingerprint density at radius 1 is 1.39 bits per heavy atom. The fraction of sp³-hybridized carbons (Fsp3) is 0.583. The summed E-state index contributed by atoms with van der Waals surface area (Å²) in [5.74, 6) is -1.55. The standard InChI is InChI=1S/C12H16FN3O2/c1-8-9(13)10(15-7-14-8)16-12(11(17)18)5-3-2-4-6-12/h7H,2-6H2,1H3,(H,17,18)(H,14,15,16). The van der Waals surface area contributed by atoms with Crippen LogP contribution in [0.5, 0.6) is 0 Å². The summed E-state index contributed by atoms with van der Waals surface area (Å²) in [6.07, 6.45) is 4.88. The summed E-state index contributed by atoms with van der Waals surface area (Å²) >= 11 is 0. The molecule has 6 heteroatoms. The summed E-state index contributed by atoms with van der Waals surface area (Å²) in [5.41, 5.74) is -0.885. The number of aryl methyl sites for hydroxylation is 1. The van der Waals surface area contributed by atoms with E-state index in [1.165, 1.54) is 13.3 Å². The van der Waals surface area contributed by atoms with E-state index in [2.05, 4.69) is 15.3 Å². The molecule has 0 aliphatic heterocycles. The average molecular weight is 253 g/mol. The molecule has 0 spiro atoms. The van der Waals surface area contributed by atoms with Gasteiger partial charge in [0.1, 0.15) is 11.9 Å². The van der Waals surface area contributed by atoms with E-state index in [1.54, 1.807) is 0 Å². The number of hydrogen-bond acceptors (Lipinski definition) is 4. The zero-order valence-corrected chi connectivity index (χ0v) is 10.2. The van der Waals surface area contributed by atoms with E-state index in [0.717, 1.165) is 19.3 Å². The van der Waals surface area contributed by atoms with Crippen LogP contribution in [0.2, 0.25) is 0 Å². The monoisotopic (exact) mass is 253 g/mol. The minimum atomic E-state index is -1.10. The highest BCUT2D eigenvalue weighted by molar-refractivity contribution is 5.82. The molecular weight excluding hydrogens is 237 g/mol. The van der Waals surface area contributed by atoms with Crippen LogP contribution in [-0.2, 0) is 4.79 Å². The molecule has 2 rings (SSSR count). The second-order valence-corrected chi connectivity index (χ2v) is 4.69. The number of aromatic nitrogens is 2. The molecular formula is C12H16FN3O2. The van der Waals surface area contributed by atoms with Crippen LogP contribution in [-0.4, -0.2) is 26.6 Å². The largest absolute Gasteiger partial charge is 0.480 e. The second kappa shape index (κ2) is 4.88. The number of hydrogen-bond donors (Lipinski definition) is 2. The Labute approximate surface area is 104 Å². The Bertz CT molecular complexity index is 459. The van der Waals surface area contributed by atoms with Gasteiger partial charge in [-0.05, 0) is 19.8 Å². The van der Waals surface area contributed by atoms with E-state index in [0.29, 0.717) is 12.8 Å². The van der Waals surface area contributed by atoms with Crippen molar-refractivity contribution >= 4 is 11.8 Å². The van der Waals surface area contributed by atoms with E-state index in [9.17, 15) is 14.3 Å². The lowest BCUT2D eigenvalue weighted by Crippen LogP contribution is -2.48. The summed E-state index contributed by atoms with van der Waals surface area (Å²) in [4.78, 5) is 19.0. The van der Waals surface area contributed by atoms with Crippen molar-refractivity contribution in [2.45, 2.75) is 44.6 Å². The third kappa shape index (κ3) is 2.27. The summed E-state index contributed by atoms with van der Waals surface area (Å²) < 4.78 is 13.8. The maximum atomic E-state index is 13.8. The molecule has 0 unspecified atom stereocenters. The molecule has 0 saturated heterocycles. The first kappa shape index (κ1) is 12.7. The number of carbonyl (C=O) groups is 1. The molecule has 1 saturated carbocycles. The molecule has 18 heavy (non-hydrogen) atoms. The lowest BCUT2D eigenvalue weighted by atomic mass is 9.81. The second-order valence-electron chi connectivity index (χ2n) is 4.69. The van der Waals surface area contributed by atoms with Crippen molar-refractivity contribution in [3.8, 4) is 0 Å². The number of rotatable bonds is 3. The third-order valence-corrected chi connectivity index (χ3v) is 3.44. The van der Waals surface area contributed by atoms with Gasteiger partial charge in [-0.3, -0.25) is 0 Å². The lowest BCUT2D eigenvalue weighted by molar-refractivity contribution is -0.143. The van der Waals surface area contributed by atoms with Crippen molar-refractivity contribution in [2.75, 3.05) is 5.32 Å². The fourth-order valence-electron chi connectivity index (χ4n) is 2.32. The van der Waals surface area contributed by atoms with Gasteiger partial charge in [0.25, 0.3) is 0 Å². The summed E-state index contributed by atoms with van der Waals surface area (Å²) in [6.45, 7) is 1.52. The number of nitrogens with zero attached hydrogens (tertiary/aromatic N) is 2.